The normalized spacial score (nSPS) is 19.4. The molecule has 1 saturated heterocycles. The molecule has 0 aromatic heterocycles. The van der Waals surface area contributed by atoms with E-state index in [0.717, 1.165) is 11.6 Å². The molecule has 8 heteroatoms. The Morgan fingerprint density at radius 1 is 1.00 bits per heavy atom. The molecule has 2 atom stereocenters. The summed E-state index contributed by atoms with van der Waals surface area (Å²) in [5, 5.41) is 0. The summed E-state index contributed by atoms with van der Waals surface area (Å²) in [4.78, 5) is 24.3. The Bertz CT molecular complexity index is 782. The SMILES string of the molecule is O=C(NNC(=O)C1CNNC1c1ccc(F)cc1)c1ccccc1F. The average Bonchev–Trinajstić information content (AvgIpc) is 3.10. The molecule has 6 nitrogen and oxygen atoms in total. The zero-order valence-electron chi connectivity index (χ0n) is 13.1. The Morgan fingerprint density at radius 2 is 1.72 bits per heavy atom. The Morgan fingerprint density at radius 3 is 2.44 bits per heavy atom. The van der Waals surface area contributed by atoms with Crippen molar-refractivity contribution >= 4 is 11.8 Å². The van der Waals surface area contributed by atoms with Gasteiger partial charge >= 0.3 is 0 Å². The van der Waals surface area contributed by atoms with Crippen LogP contribution in [0.5, 0.6) is 0 Å². The number of hydrogen-bond acceptors (Lipinski definition) is 4. The quantitative estimate of drug-likeness (QED) is 0.630. The maximum Gasteiger partial charge on any atom is 0.272 e. The van der Waals surface area contributed by atoms with Crippen LogP contribution in [0.1, 0.15) is 22.0 Å². The average molecular weight is 346 g/mol. The summed E-state index contributed by atoms with van der Waals surface area (Å²) in [5.41, 5.74) is 10.9. The van der Waals surface area contributed by atoms with Crippen molar-refractivity contribution in [3.63, 3.8) is 0 Å². The molecule has 2 aromatic rings. The second-order valence-corrected chi connectivity index (χ2v) is 5.58. The van der Waals surface area contributed by atoms with Gasteiger partial charge in [0.1, 0.15) is 11.6 Å². The Labute approximate surface area is 142 Å². The minimum atomic E-state index is -0.747. The third kappa shape index (κ3) is 3.81. The number of carbonyl (C=O) groups excluding carboxylic acids is 2. The third-order valence-electron chi connectivity index (χ3n) is 3.97. The molecule has 0 spiro atoms. The van der Waals surface area contributed by atoms with Crippen LogP contribution in [0.4, 0.5) is 8.78 Å². The minimum absolute atomic E-state index is 0.166. The first-order valence-electron chi connectivity index (χ1n) is 7.65. The van der Waals surface area contributed by atoms with E-state index in [-0.39, 0.29) is 17.4 Å². The molecule has 1 aliphatic heterocycles. The molecule has 1 fully saturated rings. The fourth-order valence-corrected chi connectivity index (χ4v) is 2.65. The predicted octanol–water partition coefficient (Wildman–Crippen LogP) is 1.19. The van der Waals surface area contributed by atoms with E-state index in [1.165, 1.54) is 30.3 Å². The van der Waals surface area contributed by atoms with Gasteiger partial charge in [0.2, 0.25) is 5.91 Å². The van der Waals surface area contributed by atoms with Crippen molar-refractivity contribution in [1.29, 1.82) is 0 Å². The Kier molecular flexibility index (Phi) is 5.01. The van der Waals surface area contributed by atoms with Crippen LogP contribution >= 0.6 is 0 Å². The number of hydrogen-bond donors (Lipinski definition) is 4. The number of halogens is 2. The molecule has 0 saturated carbocycles. The number of amides is 2. The van der Waals surface area contributed by atoms with Crippen molar-refractivity contribution in [2.75, 3.05) is 6.54 Å². The Hall–Kier alpha value is -2.84. The Balaban J connectivity index is 1.63. The molecule has 0 bridgehead atoms. The van der Waals surface area contributed by atoms with Gasteiger partial charge in [-0.25, -0.2) is 14.2 Å². The zero-order valence-corrected chi connectivity index (χ0v) is 13.1. The van der Waals surface area contributed by atoms with Gasteiger partial charge in [0, 0.05) is 6.54 Å². The first kappa shape index (κ1) is 17.0. The summed E-state index contributed by atoms with van der Waals surface area (Å²) in [7, 11) is 0. The van der Waals surface area contributed by atoms with E-state index in [0.29, 0.717) is 6.54 Å². The fraction of sp³-hybridized carbons (Fsp3) is 0.176. The van der Waals surface area contributed by atoms with Crippen LogP contribution in [-0.2, 0) is 4.79 Å². The lowest BCUT2D eigenvalue weighted by Gasteiger charge is -2.18. The molecule has 2 aromatic carbocycles. The first-order chi connectivity index (χ1) is 12.1. The summed E-state index contributed by atoms with van der Waals surface area (Å²) >= 11 is 0. The zero-order chi connectivity index (χ0) is 17.8. The summed E-state index contributed by atoms with van der Waals surface area (Å²) in [5.74, 6) is -2.78. The number of carbonyl (C=O) groups is 2. The van der Waals surface area contributed by atoms with E-state index in [9.17, 15) is 18.4 Å². The highest BCUT2D eigenvalue weighted by molar-refractivity contribution is 5.95. The van der Waals surface area contributed by atoms with E-state index in [1.807, 2.05) is 0 Å². The minimum Gasteiger partial charge on any atom is -0.273 e. The molecule has 2 amide bonds. The third-order valence-corrected chi connectivity index (χ3v) is 3.97. The maximum atomic E-state index is 13.6. The largest absolute Gasteiger partial charge is 0.273 e. The van der Waals surface area contributed by atoms with Crippen LogP contribution in [0.15, 0.2) is 48.5 Å². The summed E-state index contributed by atoms with van der Waals surface area (Å²) < 4.78 is 26.6. The number of hydrazine groups is 2. The first-order valence-corrected chi connectivity index (χ1v) is 7.65. The summed E-state index contributed by atoms with van der Waals surface area (Å²) in [6, 6.07) is 10.9. The van der Waals surface area contributed by atoms with Gasteiger partial charge in [-0.1, -0.05) is 24.3 Å². The van der Waals surface area contributed by atoms with Crippen molar-refractivity contribution in [2.24, 2.45) is 5.92 Å². The lowest BCUT2D eigenvalue weighted by Crippen LogP contribution is -2.46. The molecule has 4 N–H and O–H groups in total. The number of rotatable bonds is 3. The van der Waals surface area contributed by atoms with E-state index >= 15 is 0 Å². The fourth-order valence-electron chi connectivity index (χ4n) is 2.65. The van der Waals surface area contributed by atoms with Crippen molar-refractivity contribution < 1.29 is 18.4 Å². The van der Waals surface area contributed by atoms with Crippen molar-refractivity contribution in [3.8, 4) is 0 Å². The number of benzene rings is 2. The molecular weight excluding hydrogens is 330 g/mol. The smallest absolute Gasteiger partial charge is 0.272 e. The van der Waals surface area contributed by atoms with Crippen LogP contribution in [0, 0.1) is 17.6 Å². The predicted molar refractivity (Wildman–Crippen MR) is 85.8 cm³/mol. The maximum absolute atomic E-state index is 13.6. The lowest BCUT2D eigenvalue weighted by molar-refractivity contribution is -0.125. The van der Waals surface area contributed by atoms with Gasteiger partial charge < -0.3 is 0 Å². The van der Waals surface area contributed by atoms with Crippen molar-refractivity contribution in [3.05, 3.63) is 71.3 Å². The molecule has 25 heavy (non-hydrogen) atoms. The molecule has 3 rings (SSSR count). The van der Waals surface area contributed by atoms with Gasteiger partial charge in [-0.15, -0.1) is 0 Å². The second kappa shape index (κ2) is 7.37. The van der Waals surface area contributed by atoms with Crippen LogP contribution < -0.4 is 21.7 Å². The van der Waals surface area contributed by atoms with Gasteiger partial charge in [0.05, 0.1) is 17.5 Å². The van der Waals surface area contributed by atoms with E-state index < -0.39 is 23.5 Å². The molecule has 1 aliphatic rings. The van der Waals surface area contributed by atoms with Crippen molar-refractivity contribution in [1.82, 2.24) is 21.7 Å². The topological polar surface area (TPSA) is 82.3 Å². The van der Waals surface area contributed by atoms with Gasteiger partial charge in [-0.05, 0) is 29.8 Å². The van der Waals surface area contributed by atoms with Crippen LogP contribution in [0.3, 0.4) is 0 Å². The molecule has 130 valence electrons. The molecule has 0 radical (unpaired) electrons. The van der Waals surface area contributed by atoms with Gasteiger partial charge in [-0.2, -0.15) is 0 Å². The van der Waals surface area contributed by atoms with Gasteiger partial charge in [0.25, 0.3) is 5.91 Å². The molecule has 2 unspecified atom stereocenters. The van der Waals surface area contributed by atoms with E-state index in [1.54, 1.807) is 12.1 Å². The summed E-state index contributed by atoms with van der Waals surface area (Å²) in [6.07, 6.45) is 0. The number of nitrogens with one attached hydrogen (secondary N) is 4. The summed E-state index contributed by atoms with van der Waals surface area (Å²) in [6.45, 7) is 0.323. The van der Waals surface area contributed by atoms with Crippen LogP contribution in [0.25, 0.3) is 0 Å². The van der Waals surface area contributed by atoms with Crippen molar-refractivity contribution in [2.45, 2.75) is 6.04 Å². The van der Waals surface area contributed by atoms with Crippen LogP contribution in [-0.4, -0.2) is 18.4 Å². The van der Waals surface area contributed by atoms with Gasteiger partial charge in [0.15, 0.2) is 0 Å². The molecular formula is C17H16F2N4O2. The van der Waals surface area contributed by atoms with Crippen LogP contribution in [0.2, 0.25) is 0 Å². The lowest BCUT2D eigenvalue weighted by atomic mass is 9.94. The highest BCUT2D eigenvalue weighted by Crippen LogP contribution is 2.25. The molecule has 1 heterocycles. The van der Waals surface area contributed by atoms with E-state index in [2.05, 4.69) is 21.7 Å². The highest BCUT2D eigenvalue weighted by Gasteiger charge is 2.34. The monoisotopic (exact) mass is 346 g/mol. The van der Waals surface area contributed by atoms with Gasteiger partial charge in [-0.3, -0.25) is 25.9 Å². The van der Waals surface area contributed by atoms with E-state index in [4.69, 9.17) is 0 Å². The molecule has 0 aliphatic carbocycles. The second-order valence-electron chi connectivity index (χ2n) is 5.58. The standard InChI is InChI=1S/C17H16F2N4O2/c18-11-7-5-10(6-8-11)15-13(9-20-21-15)17(25)23-22-16(24)12-3-1-2-4-14(12)19/h1-8,13,15,20-21H,9H2,(H,22,24)(H,23,25). The highest BCUT2D eigenvalue weighted by atomic mass is 19.1.